The maximum Gasteiger partial charge on any atom is 0.416 e. The second-order valence-electron chi connectivity index (χ2n) is 4.56. The number of rotatable bonds is 3. The van der Waals surface area contributed by atoms with E-state index in [1.165, 1.54) is 12.1 Å². The largest absolute Gasteiger partial charge is 0.416 e. The minimum atomic E-state index is -4.32. The molecule has 1 aliphatic heterocycles. The highest BCUT2D eigenvalue weighted by Gasteiger charge is 2.30. The van der Waals surface area contributed by atoms with Gasteiger partial charge in [-0.1, -0.05) is 12.1 Å². The number of benzene rings is 1. The highest BCUT2D eigenvalue weighted by Crippen LogP contribution is 2.29. The van der Waals surface area contributed by atoms with Gasteiger partial charge in [-0.15, -0.1) is 12.4 Å². The molecule has 0 saturated carbocycles. The van der Waals surface area contributed by atoms with E-state index in [0.29, 0.717) is 5.56 Å². The molecule has 1 amide bonds. The van der Waals surface area contributed by atoms with Crippen LogP contribution in [0.25, 0.3) is 0 Å². The molecule has 1 saturated heterocycles. The zero-order valence-electron chi connectivity index (χ0n) is 10.7. The van der Waals surface area contributed by atoms with Crippen LogP contribution >= 0.6 is 12.4 Å². The first-order chi connectivity index (χ1) is 8.97. The number of amides is 1. The molecule has 20 heavy (non-hydrogen) atoms. The molecule has 1 aromatic rings. The normalized spacial score (nSPS) is 18.4. The van der Waals surface area contributed by atoms with Crippen LogP contribution in [-0.2, 0) is 17.5 Å². The summed E-state index contributed by atoms with van der Waals surface area (Å²) < 4.78 is 37.1. The lowest BCUT2D eigenvalue weighted by Gasteiger charge is -2.12. The van der Waals surface area contributed by atoms with Crippen molar-refractivity contribution >= 4 is 18.3 Å². The lowest BCUT2D eigenvalue weighted by molar-refractivity contribution is -0.137. The van der Waals surface area contributed by atoms with Crippen LogP contribution in [0.4, 0.5) is 13.2 Å². The fraction of sp³-hybridized carbons (Fsp3) is 0.462. The van der Waals surface area contributed by atoms with Gasteiger partial charge in [0.1, 0.15) is 0 Å². The van der Waals surface area contributed by atoms with Crippen LogP contribution in [-0.4, -0.2) is 18.5 Å². The Kier molecular flexibility index (Phi) is 5.83. The molecule has 7 heteroatoms. The van der Waals surface area contributed by atoms with Gasteiger partial charge in [-0.3, -0.25) is 4.79 Å². The van der Waals surface area contributed by atoms with Gasteiger partial charge in [0.25, 0.3) is 0 Å². The number of nitrogens with one attached hydrogen (secondary N) is 2. The third-order valence-corrected chi connectivity index (χ3v) is 3.12. The van der Waals surface area contributed by atoms with Crippen LogP contribution in [0.5, 0.6) is 0 Å². The molecule has 1 heterocycles. The van der Waals surface area contributed by atoms with Gasteiger partial charge in [0.05, 0.1) is 11.6 Å². The Bertz CT molecular complexity index is 442. The lowest BCUT2D eigenvalue weighted by atomic mass is 10.1. The highest BCUT2D eigenvalue weighted by molar-refractivity contribution is 5.85. The van der Waals surface area contributed by atoms with Gasteiger partial charge in [-0.25, -0.2) is 0 Å². The Hall–Kier alpha value is -1.27. The van der Waals surface area contributed by atoms with Crippen LogP contribution < -0.4 is 10.6 Å². The van der Waals surface area contributed by atoms with Gasteiger partial charge in [0, 0.05) is 6.54 Å². The first kappa shape index (κ1) is 16.8. The molecule has 1 atom stereocenters. The summed E-state index contributed by atoms with van der Waals surface area (Å²) >= 11 is 0. The number of carbonyl (C=O) groups excluding carboxylic acids is 1. The maximum atomic E-state index is 12.4. The molecule has 1 aliphatic rings. The highest BCUT2D eigenvalue weighted by atomic mass is 35.5. The van der Waals surface area contributed by atoms with Crippen molar-refractivity contribution in [3.05, 3.63) is 35.4 Å². The molecule has 1 aromatic carbocycles. The van der Waals surface area contributed by atoms with Gasteiger partial charge in [-0.05, 0) is 37.1 Å². The number of alkyl halides is 3. The van der Waals surface area contributed by atoms with E-state index in [2.05, 4.69) is 10.6 Å². The van der Waals surface area contributed by atoms with Crippen LogP contribution in [0.3, 0.4) is 0 Å². The number of hydrogen-bond donors (Lipinski definition) is 2. The second-order valence-corrected chi connectivity index (χ2v) is 4.56. The summed E-state index contributed by atoms with van der Waals surface area (Å²) in [5, 5.41) is 5.78. The van der Waals surface area contributed by atoms with Crippen molar-refractivity contribution in [1.29, 1.82) is 0 Å². The Morgan fingerprint density at radius 1 is 1.30 bits per heavy atom. The zero-order valence-corrected chi connectivity index (χ0v) is 11.5. The van der Waals surface area contributed by atoms with Gasteiger partial charge >= 0.3 is 6.18 Å². The molecular formula is C13H16ClF3N2O. The minimum absolute atomic E-state index is 0. The monoisotopic (exact) mass is 308 g/mol. The van der Waals surface area contributed by atoms with E-state index in [-0.39, 0.29) is 30.9 Å². The van der Waals surface area contributed by atoms with Gasteiger partial charge in [0.15, 0.2) is 0 Å². The lowest BCUT2D eigenvalue weighted by Crippen LogP contribution is -2.39. The van der Waals surface area contributed by atoms with Crippen molar-refractivity contribution in [3.63, 3.8) is 0 Å². The van der Waals surface area contributed by atoms with Crippen LogP contribution in [0, 0.1) is 0 Å². The molecule has 1 fully saturated rings. The van der Waals surface area contributed by atoms with Crippen molar-refractivity contribution in [1.82, 2.24) is 10.6 Å². The van der Waals surface area contributed by atoms with E-state index in [4.69, 9.17) is 0 Å². The predicted octanol–water partition coefficient (Wildman–Crippen LogP) is 2.50. The number of hydrogen-bond acceptors (Lipinski definition) is 2. The molecule has 0 bridgehead atoms. The fourth-order valence-electron chi connectivity index (χ4n) is 2.03. The minimum Gasteiger partial charge on any atom is -0.351 e. The molecule has 0 spiro atoms. The maximum absolute atomic E-state index is 12.4. The Balaban J connectivity index is 0.00000200. The Morgan fingerprint density at radius 2 is 1.95 bits per heavy atom. The zero-order chi connectivity index (χ0) is 13.9. The summed E-state index contributed by atoms with van der Waals surface area (Å²) in [6.45, 7) is 1.08. The summed E-state index contributed by atoms with van der Waals surface area (Å²) in [6, 6.07) is 4.63. The SMILES string of the molecule is Cl.O=C(NCc1ccc(C(F)(F)F)cc1)C1CCCN1. The topological polar surface area (TPSA) is 41.1 Å². The van der Waals surface area contributed by atoms with Crippen LogP contribution in [0.1, 0.15) is 24.0 Å². The first-order valence-corrected chi connectivity index (χ1v) is 6.14. The first-order valence-electron chi connectivity index (χ1n) is 6.14. The van der Waals surface area contributed by atoms with E-state index < -0.39 is 11.7 Å². The molecule has 1 unspecified atom stereocenters. The summed E-state index contributed by atoms with van der Waals surface area (Å²) in [4.78, 5) is 11.7. The smallest absolute Gasteiger partial charge is 0.351 e. The van der Waals surface area contributed by atoms with E-state index >= 15 is 0 Å². The standard InChI is InChI=1S/C13H15F3N2O.ClH/c14-13(15,16)10-5-3-9(4-6-10)8-18-12(19)11-2-1-7-17-11;/h3-6,11,17H,1-2,7-8H2,(H,18,19);1H. The second kappa shape index (κ2) is 6.95. The van der Waals surface area contributed by atoms with Gasteiger partial charge in [0.2, 0.25) is 5.91 Å². The molecule has 2 N–H and O–H groups in total. The molecule has 0 aliphatic carbocycles. The molecule has 2 rings (SSSR count). The van der Waals surface area contributed by atoms with Crippen LogP contribution in [0.2, 0.25) is 0 Å². The third kappa shape index (κ3) is 4.38. The Labute approximate surface area is 121 Å². The quantitative estimate of drug-likeness (QED) is 0.901. The summed E-state index contributed by atoms with van der Waals surface area (Å²) in [5.74, 6) is -0.0996. The van der Waals surface area contributed by atoms with Crippen molar-refractivity contribution in [3.8, 4) is 0 Å². The fourth-order valence-corrected chi connectivity index (χ4v) is 2.03. The van der Waals surface area contributed by atoms with Crippen molar-refractivity contribution in [2.75, 3.05) is 6.54 Å². The van der Waals surface area contributed by atoms with Gasteiger partial charge < -0.3 is 10.6 Å². The molecule has 0 aromatic heterocycles. The average Bonchev–Trinajstić information content (AvgIpc) is 2.89. The molecule has 0 radical (unpaired) electrons. The van der Waals surface area contributed by atoms with Crippen molar-refractivity contribution in [2.24, 2.45) is 0 Å². The van der Waals surface area contributed by atoms with Crippen LogP contribution in [0.15, 0.2) is 24.3 Å². The molecule has 112 valence electrons. The number of halogens is 4. The third-order valence-electron chi connectivity index (χ3n) is 3.12. The summed E-state index contributed by atoms with van der Waals surface area (Å²) in [7, 11) is 0. The van der Waals surface area contributed by atoms with E-state index in [1.54, 1.807) is 0 Å². The average molecular weight is 309 g/mol. The van der Waals surface area contributed by atoms with E-state index in [9.17, 15) is 18.0 Å². The molecule has 3 nitrogen and oxygen atoms in total. The van der Waals surface area contributed by atoms with Crippen molar-refractivity contribution < 1.29 is 18.0 Å². The van der Waals surface area contributed by atoms with Crippen molar-refractivity contribution in [2.45, 2.75) is 31.6 Å². The molecular weight excluding hydrogens is 293 g/mol. The summed E-state index contributed by atoms with van der Waals surface area (Å²) in [5.41, 5.74) is -0.0283. The Morgan fingerprint density at radius 3 is 2.45 bits per heavy atom. The summed E-state index contributed by atoms with van der Waals surface area (Å²) in [6.07, 6.45) is -2.55. The van der Waals surface area contributed by atoms with E-state index in [1.807, 2.05) is 0 Å². The predicted molar refractivity (Wildman–Crippen MR) is 71.6 cm³/mol. The number of carbonyl (C=O) groups is 1. The van der Waals surface area contributed by atoms with Gasteiger partial charge in [-0.2, -0.15) is 13.2 Å². The van der Waals surface area contributed by atoms with E-state index in [0.717, 1.165) is 31.5 Å².